The molecule has 1 aromatic heterocycles. The van der Waals surface area contributed by atoms with Gasteiger partial charge in [-0.05, 0) is 50.6 Å². The second-order valence-corrected chi connectivity index (χ2v) is 4.95. The van der Waals surface area contributed by atoms with Crippen molar-refractivity contribution in [3.8, 4) is 0 Å². The van der Waals surface area contributed by atoms with Gasteiger partial charge < -0.3 is 5.32 Å². The predicted octanol–water partition coefficient (Wildman–Crippen LogP) is 2.06. The molecule has 1 heterocycles. The highest BCUT2D eigenvalue weighted by Gasteiger charge is 2.14. The van der Waals surface area contributed by atoms with E-state index >= 15 is 0 Å². The Kier molecular flexibility index (Phi) is 5.24. The van der Waals surface area contributed by atoms with Crippen molar-refractivity contribution >= 4 is 0 Å². The van der Waals surface area contributed by atoms with Gasteiger partial charge in [-0.1, -0.05) is 12.1 Å². The second kappa shape index (κ2) is 7.14. The molecule has 0 saturated heterocycles. The van der Waals surface area contributed by atoms with Gasteiger partial charge in [0.25, 0.3) is 0 Å². The summed E-state index contributed by atoms with van der Waals surface area (Å²) in [6.45, 7) is 3.74. The number of benzene rings is 1. The van der Waals surface area contributed by atoms with Crippen LogP contribution in [0.25, 0.3) is 0 Å². The maximum Gasteiger partial charge on any atom is 0.138 e. The molecule has 2 aromatic rings. The zero-order valence-corrected chi connectivity index (χ0v) is 12.0. The largest absolute Gasteiger partial charge is 0.319 e. The third kappa shape index (κ3) is 3.87. The van der Waals surface area contributed by atoms with Gasteiger partial charge in [-0.3, -0.25) is 4.68 Å². The molecule has 2 rings (SSSR count). The molecule has 0 spiro atoms. The zero-order valence-electron chi connectivity index (χ0n) is 12.0. The van der Waals surface area contributed by atoms with Gasteiger partial charge in [-0.2, -0.15) is 5.10 Å². The van der Waals surface area contributed by atoms with Crippen molar-refractivity contribution < 1.29 is 4.39 Å². The Morgan fingerprint density at radius 2 is 2.20 bits per heavy atom. The number of hydrogen-bond donors (Lipinski definition) is 1. The Labute approximate surface area is 119 Å². The summed E-state index contributed by atoms with van der Waals surface area (Å²) in [4.78, 5) is 4.32. The number of nitrogens with zero attached hydrogens (tertiary/aromatic N) is 3. The first kappa shape index (κ1) is 14.7. The first-order valence-electron chi connectivity index (χ1n) is 6.98. The maximum absolute atomic E-state index is 13.3. The third-order valence-electron chi connectivity index (χ3n) is 3.37. The molecule has 20 heavy (non-hydrogen) atoms. The first-order chi connectivity index (χ1) is 9.72. The maximum atomic E-state index is 13.3. The lowest BCUT2D eigenvalue weighted by Crippen LogP contribution is -2.24. The smallest absolute Gasteiger partial charge is 0.138 e. The number of hydrogen-bond acceptors (Lipinski definition) is 3. The summed E-state index contributed by atoms with van der Waals surface area (Å²) < 4.78 is 15.2. The Balaban J connectivity index is 2.07. The summed E-state index contributed by atoms with van der Waals surface area (Å²) in [6.07, 6.45) is 3.26. The molecule has 0 bridgehead atoms. The van der Waals surface area contributed by atoms with Crippen molar-refractivity contribution in [2.75, 3.05) is 13.6 Å². The molecule has 0 radical (unpaired) electrons. The highest BCUT2D eigenvalue weighted by Crippen LogP contribution is 2.14. The molecule has 0 aliphatic carbocycles. The molecule has 4 nitrogen and oxygen atoms in total. The van der Waals surface area contributed by atoms with Crippen molar-refractivity contribution in [3.63, 3.8) is 0 Å². The number of halogens is 1. The van der Waals surface area contributed by atoms with Crippen LogP contribution in [0, 0.1) is 11.7 Å². The van der Waals surface area contributed by atoms with E-state index in [4.69, 9.17) is 0 Å². The van der Waals surface area contributed by atoms with Gasteiger partial charge >= 0.3 is 0 Å². The number of nitrogens with one attached hydrogen (secondary N) is 1. The van der Waals surface area contributed by atoms with Crippen LogP contribution in [0.1, 0.15) is 18.3 Å². The zero-order chi connectivity index (χ0) is 14.4. The Morgan fingerprint density at radius 3 is 2.90 bits per heavy atom. The fourth-order valence-electron chi connectivity index (χ4n) is 2.47. The van der Waals surface area contributed by atoms with Crippen LogP contribution >= 0.6 is 0 Å². The summed E-state index contributed by atoms with van der Waals surface area (Å²) in [5, 5.41) is 7.40. The van der Waals surface area contributed by atoms with Gasteiger partial charge in [0.2, 0.25) is 0 Å². The van der Waals surface area contributed by atoms with Gasteiger partial charge in [0.15, 0.2) is 0 Å². The lowest BCUT2D eigenvalue weighted by atomic mass is 9.95. The van der Waals surface area contributed by atoms with E-state index in [1.54, 1.807) is 18.5 Å². The first-order valence-corrected chi connectivity index (χ1v) is 6.98. The molecule has 108 valence electrons. The van der Waals surface area contributed by atoms with Crippen LogP contribution < -0.4 is 5.32 Å². The van der Waals surface area contributed by atoms with Crippen molar-refractivity contribution in [1.82, 2.24) is 20.1 Å². The summed E-state index contributed by atoms with van der Waals surface area (Å²) in [6, 6.07) is 6.81. The standard InChI is InChI=1S/C15H21FN4/c1-3-20-15(18-11-19-20)9-13(10-17-2)7-12-5-4-6-14(16)8-12/h4-6,8,11,13,17H,3,7,9-10H2,1-2H3. The van der Waals surface area contributed by atoms with Crippen LogP contribution in [0.3, 0.4) is 0 Å². The SMILES string of the molecule is CCn1ncnc1CC(CNC)Cc1cccc(F)c1. The monoisotopic (exact) mass is 276 g/mol. The van der Waals surface area contributed by atoms with Crippen molar-refractivity contribution in [3.05, 3.63) is 47.8 Å². The fraction of sp³-hybridized carbons (Fsp3) is 0.467. The van der Waals surface area contributed by atoms with Gasteiger partial charge in [0.1, 0.15) is 18.0 Å². The van der Waals surface area contributed by atoms with Crippen LogP contribution in [0.5, 0.6) is 0 Å². The molecule has 0 amide bonds. The minimum atomic E-state index is -0.178. The molecule has 1 aromatic carbocycles. The molecule has 0 fully saturated rings. The lowest BCUT2D eigenvalue weighted by molar-refractivity contribution is 0.463. The van der Waals surface area contributed by atoms with E-state index in [2.05, 4.69) is 22.3 Å². The van der Waals surface area contributed by atoms with E-state index in [1.165, 1.54) is 6.07 Å². The fourth-order valence-corrected chi connectivity index (χ4v) is 2.47. The van der Waals surface area contributed by atoms with Crippen LogP contribution in [0.4, 0.5) is 4.39 Å². The van der Waals surface area contributed by atoms with Crippen molar-refractivity contribution in [2.24, 2.45) is 5.92 Å². The van der Waals surface area contributed by atoms with Crippen molar-refractivity contribution in [2.45, 2.75) is 26.3 Å². The van der Waals surface area contributed by atoms with Gasteiger partial charge in [0.05, 0.1) is 0 Å². The summed E-state index contributed by atoms with van der Waals surface area (Å²) in [5.41, 5.74) is 1.02. The molecular formula is C15H21FN4. The number of aromatic nitrogens is 3. The third-order valence-corrected chi connectivity index (χ3v) is 3.37. The number of aryl methyl sites for hydroxylation is 1. The summed E-state index contributed by atoms with van der Waals surface area (Å²) >= 11 is 0. The van der Waals surface area contributed by atoms with Crippen LogP contribution in [-0.4, -0.2) is 28.4 Å². The van der Waals surface area contributed by atoms with Gasteiger partial charge in [-0.25, -0.2) is 9.37 Å². The topological polar surface area (TPSA) is 42.7 Å². The quantitative estimate of drug-likeness (QED) is 0.841. The summed E-state index contributed by atoms with van der Waals surface area (Å²) in [7, 11) is 1.93. The molecule has 1 N–H and O–H groups in total. The van der Waals surface area contributed by atoms with E-state index in [1.807, 2.05) is 17.8 Å². The highest BCUT2D eigenvalue weighted by molar-refractivity contribution is 5.17. The van der Waals surface area contributed by atoms with E-state index < -0.39 is 0 Å². The predicted molar refractivity (Wildman–Crippen MR) is 76.9 cm³/mol. The van der Waals surface area contributed by atoms with E-state index in [9.17, 15) is 4.39 Å². The number of rotatable bonds is 7. The molecule has 5 heteroatoms. The molecule has 1 atom stereocenters. The van der Waals surface area contributed by atoms with Crippen LogP contribution in [0.15, 0.2) is 30.6 Å². The molecular weight excluding hydrogens is 255 g/mol. The minimum absolute atomic E-state index is 0.178. The normalized spacial score (nSPS) is 12.6. The highest BCUT2D eigenvalue weighted by atomic mass is 19.1. The lowest BCUT2D eigenvalue weighted by Gasteiger charge is -2.16. The Hall–Kier alpha value is -1.75. The van der Waals surface area contributed by atoms with Crippen LogP contribution in [0.2, 0.25) is 0 Å². The molecule has 0 saturated carbocycles. The minimum Gasteiger partial charge on any atom is -0.319 e. The van der Waals surface area contributed by atoms with E-state index in [-0.39, 0.29) is 5.82 Å². The molecule has 1 unspecified atom stereocenters. The van der Waals surface area contributed by atoms with E-state index in [0.29, 0.717) is 5.92 Å². The Morgan fingerprint density at radius 1 is 1.35 bits per heavy atom. The summed E-state index contributed by atoms with van der Waals surface area (Å²) in [5.74, 6) is 1.18. The Bertz CT molecular complexity index is 538. The van der Waals surface area contributed by atoms with Gasteiger partial charge in [-0.15, -0.1) is 0 Å². The average Bonchev–Trinajstić information content (AvgIpc) is 2.86. The van der Waals surface area contributed by atoms with Crippen LogP contribution in [-0.2, 0) is 19.4 Å². The second-order valence-electron chi connectivity index (χ2n) is 4.95. The van der Waals surface area contributed by atoms with Gasteiger partial charge in [0, 0.05) is 13.0 Å². The van der Waals surface area contributed by atoms with Crippen molar-refractivity contribution in [1.29, 1.82) is 0 Å². The average molecular weight is 276 g/mol. The van der Waals surface area contributed by atoms with E-state index in [0.717, 1.165) is 37.3 Å². The molecule has 0 aliphatic rings. The molecule has 0 aliphatic heterocycles.